The summed E-state index contributed by atoms with van der Waals surface area (Å²) >= 11 is 0. The predicted octanol–water partition coefficient (Wildman–Crippen LogP) is 1.10. The minimum Gasteiger partial charge on any atom is -0.454 e. The first-order valence-corrected chi connectivity index (χ1v) is 4.13. The number of carbonyl (C=O) groups is 2. The van der Waals surface area contributed by atoms with Gasteiger partial charge in [0, 0.05) is 14.0 Å². The number of ether oxygens (including phenoxy) is 2. The first-order valence-electron chi connectivity index (χ1n) is 4.13. The van der Waals surface area contributed by atoms with Gasteiger partial charge in [0.15, 0.2) is 11.9 Å². The highest BCUT2D eigenvalue weighted by molar-refractivity contribution is 5.81. The smallest absolute Gasteiger partial charge is 0.303 e. The first-order chi connectivity index (χ1) is 6.10. The summed E-state index contributed by atoms with van der Waals surface area (Å²) in [5, 5.41) is 0. The van der Waals surface area contributed by atoms with Crippen LogP contribution in [-0.4, -0.2) is 25.5 Å². The Balaban J connectivity index is 3.83. The van der Waals surface area contributed by atoms with E-state index in [0.29, 0.717) is 12.5 Å². The van der Waals surface area contributed by atoms with Gasteiger partial charge < -0.3 is 9.47 Å². The number of Topliss-reactive ketones (excluding diaryl/α,β-unsaturated/α-hetero) is 1. The first kappa shape index (κ1) is 12.1. The van der Waals surface area contributed by atoms with Crippen LogP contribution in [0.2, 0.25) is 0 Å². The van der Waals surface area contributed by atoms with E-state index in [4.69, 9.17) is 4.74 Å². The molecule has 0 atom stereocenters. The Morgan fingerprint density at radius 2 is 1.92 bits per heavy atom. The highest BCUT2D eigenvalue weighted by Gasteiger charge is 2.15. The molecule has 0 aromatic heterocycles. The number of hydrogen-bond donors (Lipinski definition) is 0. The molecule has 4 heteroatoms. The molecule has 0 heterocycles. The number of methoxy groups -OCH3 is 1. The molecule has 13 heavy (non-hydrogen) atoms. The molecule has 75 valence electrons. The van der Waals surface area contributed by atoms with Gasteiger partial charge in [-0.2, -0.15) is 0 Å². The normalized spacial score (nSPS) is 10.2. The molecular weight excluding hydrogens is 172 g/mol. The van der Waals surface area contributed by atoms with Gasteiger partial charge in [0.05, 0.1) is 6.42 Å². The third-order valence-electron chi connectivity index (χ3n) is 1.38. The summed E-state index contributed by atoms with van der Waals surface area (Å²) in [5.41, 5.74) is 0. The molecule has 0 saturated heterocycles. The van der Waals surface area contributed by atoms with Crippen molar-refractivity contribution >= 4 is 11.8 Å². The number of ketones is 1. The second kappa shape index (κ2) is 6.60. The van der Waals surface area contributed by atoms with E-state index in [0.717, 1.165) is 0 Å². The number of esters is 1. The molecule has 0 aliphatic heterocycles. The number of rotatable bonds is 6. The van der Waals surface area contributed by atoms with E-state index in [9.17, 15) is 9.59 Å². The molecule has 0 aromatic carbocycles. The maximum absolute atomic E-state index is 11.1. The Hall–Kier alpha value is -0.900. The molecule has 0 aliphatic rings. The molecular formula is C9H15O4. The van der Waals surface area contributed by atoms with Crippen LogP contribution in [0.4, 0.5) is 0 Å². The monoisotopic (exact) mass is 187 g/mol. The van der Waals surface area contributed by atoms with Crippen molar-refractivity contribution in [1.29, 1.82) is 0 Å². The molecule has 0 aromatic rings. The maximum atomic E-state index is 11.1. The largest absolute Gasteiger partial charge is 0.454 e. The van der Waals surface area contributed by atoms with Crippen LogP contribution in [0.5, 0.6) is 0 Å². The summed E-state index contributed by atoms with van der Waals surface area (Å²) in [7, 11) is 1.45. The SMILES string of the molecule is CC[C](CC(=O)COC)OC(C)=O. The van der Waals surface area contributed by atoms with Gasteiger partial charge in [0.25, 0.3) is 0 Å². The van der Waals surface area contributed by atoms with Gasteiger partial charge in [-0.25, -0.2) is 0 Å². The standard InChI is InChI=1S/C9H15O4/c1-4-9(13-7(2)10)5-8(11)6-12-3/h4-6H2,1-3H3. The van der Waals surface area contributed by atoms with Crippen molar-refractivity contribution in [3.63, 3.8) is 0 Å². The lowest BCUT2D eigenvalue weighted by atomic mass is 10.1. The van der Waals surface area contributed by atoms with Crippen LogP contribution in [0.1, 0.15) is 26.7 Å². The summed E-state index contributed by atoms with van der Waals surface area (Å²) < 4.78 is 9.47. The predicted molar refractivity (Wildman–Crippen MR) is 46.8 cm³/mol. The second-order valence-corrected chi connectivity index (χ2v) is 2.63. The molecule has 0 fully saturated rings. The van der Waals surface area contributed by atoms with Crippen molar-refractivity contribution in [3.8, 4) is 0 Å². The fourth-order valence-corrected chi connectivity index (χ4v) is 0.868. The van der Waals surface area contributed by atoms with Crippen LogP contribution in [0.3, 0.4) is 0 Å². The minimum atomic E-state index is -0.387. The van der Waals surface area contributed by atoms with Crippen LogP contribution in [0.25, 0.3) is 0 Å². The molecule has 0 spiro atoms. The van der Waals surface area contributed by atoms with Crippen LogP contribution in [0.15, 0.2) is 0 Å². The Bertz CT molecular complexity index is 176. The van der Waals surface area contributed by atoms with E-state index in [1.165, 1.54) is 14.0 Å². The highest BCUT2D eigenvalue weighted by Crippen LogP contribution is 2.13. The van der Waals surface area contributed by atoms with E-state index in [1.807, 2.05) is 6.92 Å². The molecule has 0 bridgehead atoms. The minimum absolute atomic E-state index is 0.0603. The Labute approximate surface area is 78.2 Å². The van der Waals surface area contributed by atoms with Gasteiger partial charge in [-0.3, -0.25) is 9.59 Å². The zero-order chi connectivity index (χ0) is 10.3. The van der Waals surface area contributed by atoms with Crippen molar-refractivity contribution in [3.05, 3.63) is 6.10 Å². The van der Waals surface area contributed by atoms with Gasteiger partial charge in [0.1, 0.15) is 6.61 Å². The summed E-state index contributed by atoms with van der Waals surface area (Å²) in [4.78, 5) is 21.6. The van der Waals surface area contributed by atoms with Crippen molar-refractivity contribution < 1.29 is 19.1 Å². The second-order valence-electron chi connectivity index (χ2n) is 2.63. The van der Waals surface area contributed by atoms with Crippen LogP contribution in [-0.2, 0) is 19.1 Å². The Kier molecular flexibility index (Phi) is 6.14. The topological polar surface area (TPSA) is 52.6 Å². The molecule has 0 aliphatic carbocycles. The molecule has 0 N–H and O–H groups in total. The van der Waals surface area contributed by atoms with Crippen LogP contribution < -0.4 is 0 Å². The molecule has 0 rings (SSSR count). The Morgan fingerprint density at radius 1 is 1.31 bits per heavy atom. The van der Waals surface area contributed by atoms with E-state index < -0.39 is 0 Å². The quantitative estimate of drug-likeness (QED) is 0.584. The van der Waals surface area contributed by atoms with Crippen molar-refractivity contribution in [1.82, 2.24) is 0 Å². The summed E-state index contributed by atoms with van der Waals surface area (Å²) in [5.74, 6) is -0.470. The van der Waals surface area contributed by atoms with Crippen LogP contribution in [0, 0.1) is 6.10 Å². The van der Waals surface area contributed by atoms with Crippen molar-refractivity contribution in [2.24, 2.45) is 0 Å². The molecule has 0 amide bonds. The number of hydrogen-bond acceptors (Lipinski definition) is 4. The molecule has 1 radical (unpaired) electrons. The van der Waals surface area contributed by atoms with Gasteiger partial charge in [-0.05, 0) is 6.42 Å². The summed E-state index contributed by atoms with van der Waals surface area (Å²) in [6, 6.07) is 0. The lowest BCUT2D eigenvalue weighted by molar-refractivity contribution is -0.141. The van der Waals surface area contributed by atoms with Gasteiger partial charge in [0.2, 0.25) is 0 Å². The fraction of sp³-hybridized carbons (Fsp3) is 0.667. The highest BCUT2D eigenvalue weighted by atomic mass is 16.5. The van der Waals surface area contributed by atoms with Gasteiger partial charge in [-0.15, -0.1) is 0 Å². The van der Waals surface area contributed by atoms with Gasteiger partial charge >= 0.3 is 5.97 Å². The maximum Gasteiger partial charge on any atom is 0.303 e. The van der Waals surface area contributed by atoms with Crippen LogP contribution >= 0.6 is 0 Å². The van der Waals surface area contributed by atoms with E-state index in [1.54, 1.807) is 0 Å². The zero-order valence-electron chi connectivity index (χ0n) is 8.25. The Morgan fingerprint density at radius 3 is 2.31 bits per heavy atom. The third-order valence-corrected chi connectivity index (χ3v) is 1.38. The lowest BCUT2D eigenvalue weighted by Crippen LogP contribution is -2.15. The van der Waals surface area contributed by atoms with E-state index in [2.05, 4.69) is 4.74 Å². The molecule has 0 saturated carbocycles. The average molecular weight is 187 g/mol. The molecule has 4 nitrogen and oxygen atoms in total. The zero-order valence-corrected chi connectivity index (χ0v) is 8.25. The summed E-state index contributed by atoms with van der Waals surface area (Å²) in [6.07, 6.45) is 1.22. The molecule has 0 unspecified atom stereocenters. The van der Waals surface area contributed by atoms with E-state index >= 15 is 0 Å². The fourth-order valence-electron chi connectivity index (χ4n) is 0.868. The van der Waals surface area contributed by atoms with Crippen molar-refractivity contribution in [2.75, 3.05) is 13.7 Å². The third kappa shape index (κ3) is 6.28. The average Bonchev–Trinajstić information content (AvgIpc) is 2.02. The van der Waals surface area contributed by atoms with Gasteiger partial charge in [-0.1, -0.05) is 6.92 Å². The number of carbonyl (C=O) groups excluding carboxylic acids is 2. The lowest BCUT2D eigenvalue weighted by Gasteiger charge is -2.11. The van der Waals surface area contributed by atoms with Crippen molar-refractivity contribution in [2.45, 2.75) is 26.7 Å². The summed E-state index contributed by atoms with van der Waals surface area (Å²) in [6.45, 7) is 3.21. The van der Waals surface area contributed by atoms with E-state index in [-0.39, 0.29) is 24.8 Å².